The highest BCUT2D eigenvalue weighted by Gasteiger charge is 2.51. The van der Waals surface area contributed by atoms with Crippen LogP contribution >= 0.6 is 0 Å². The average Bonchev–Trinajstić information content (AvgIpc) is 2.76. The Bertz CT molecular complexity index is 755. The monoisotopic (exact) mass is 321 g/mol. The van der Waals surface area contributed by atoms with Crippen LogP contribution in [-0.2, 0) is 21.3 Å². The van der Waals surface area contributed by atoms with Crippen LogP contribution in [0.15, 0.2) is 48.5 Å². The number of amides is 1. The number of methoxy groups -OCH3 is 1. The van der Waals surface area contributed by atoms with Crippen molar-refractivity contribution in [3.8, 4) is 0 Å². The molecule has 1 atom stereocenters. The lowest BCUT2D eigenvalue weighted by Gasteiger charge is -2.27. The molecule has 1 heterocycles. The van der Waals surface area contributed by atoms with Gasteiger partial charge in [-0.15, -0.1) is 0 Å². The van der Waals surface area contributed by atoms with Gasteiger partial charge >= 0.3 is 6.18 Å². The first-order valence-corrected chi connectivity index (χ1v) is 6.93. The molecule has 0 bridgehead atoms. The van der Waals surface area contributed by atoms with E-state index in [0.29, 0.717) is 16.8 Å². The molecule has 23 heavy (non-hydrogen) atoms. The number of alkyl halides is 3. The van der Waals surface area contributed by atoms with Gasteiger partial charge < -0.3 is 9.64 Å². The Morgan fingerprint density at radius 1 is 1.04 bits per heavy atom. The number of rotatable bonds is 2. The van der Waals surface area contributed by atoms with Crippen LogP contribution in [0.3, 0.4) is 0 Å². The van der Waals surface area contributed by atoms with Gasteiger partial charge in [-0.3, -0.25) is 4.79 Å². The smallest absolute Gasteiger partial charge is 0.359 e. The highest BCUT2D eigenvalue weighted by atomic mass is 19.4. The van der Waals surface area contributed by atoms with E-state index in [2.05, 4.69) is 0 Å². The molecule has 1 unspecified atom stereocenters. The first-order chi connectivity index (χ1) is 10.8. The van der Waals surface area contributed by atoms with Gasteiger partial charge in [0.1, 0.15) is 0 Å². The highest BCUT2D eigenvalue weighted by molar-refractivity contribution is 6.08. The van der Waals surface area contributed by atoms with Crippen molar-refractivity contribution in [1.82, 2.24) is 0 Å². The predicted octanol–water partition coefficient (Wildman–Crippen LogP) is 3.57. The van der Waals surface area contributed by atoms with Crippen molar-refractivity contribution in [3.63, 3.8) is 0 Å². The molecule has 1 aliphatic rings. The van der Waals surface area contributed by atoms with Gasteiger partial charge in [0.15, 0.2) is 5.60 Å². The standard InChI is InChI=1S/C17H14F3NO2/c1-21-14-6-4-3-5-13(14)16(23-2,15(21)22)11-7-9-12(10-8-11)17(18,19)20/h3-10H,1-2H3. The van der Waals surface area contributed by atoms with Crippen molar-refractivity contribution in [3.05, 3.63) is 65.2 Å². The lowest BCUT2D eigenvalue weighted by molar-refractivity contribution is -0.137. The van der Waals surface area contributed by atoms with Crippen LogP contribution in [0.5, 0.6) is 0 Å². The molecule has 120 valence electrons. The van der Waals surface area contributed by atoms with Crippen LogP contribution < -0.4 is 4.90 Å². The molecule has 6 heteroatoms. The third-order valence-electron chi connectivity index (χ3n) is 4.18. The summed E-state index contributed by atoms with van der Waals surface area (Å²) in [6.45, 7) is 0. The third kappa shape index (κ3) is 2.13. The lowest BCUT2D eigenvalue weighted by Crippen LogP contribution is -2.41. The van der Waals surface area contributed by atoms with Gasteiger partial charge in [-0.1, -0.05) is 30.3 Å². The largest absolute Gasteiger partial charge is 0.416 e. The summed E-state index contributed by atoms with van der Waals surface area (Å²) in [4.78, 5) is 14.2. The fourth-order valence-electron chi connectivity index (χ4n) is 3.01. The van der Waals surface area contributed by atoms with E-state index in [9.17, 15) is 18.0 Å². The van der Waals surface area contributed by atoms with Crippen LogP contribution in [0, 0.1) is 0 Å². The SMILES string of the molecule is COC1(c2ccc(C(F)(F)F)cc2)C(=O)N(C)c2ccccc21. The van der Waals surface area contributed by atoms with Gasteiger partial charge in [0.25, 0.3) is 5.91 Å². The van der Waals surface area contributed by atoms with Crippen LogP contribution in [0.2, 0.25) is 0 Å². The normalized spacial score (nSPS) is 20.7. The maximum absolute atomic E-state index is 12.8. The van der Waals surface area contributed by atoms with Crippen LogP contribution in [-0.4, -0.2) is 20.1 Å². The van der Waals surface area contributed by atoms with Gasteiger partial charge in [-0.2, -0.15) is 13.2 Å². The van der Waals surface area contributed by atoms with E-state index in [4.69, 9.17) is 4.74 Å². The van der Waals surface area contributed by atoms with Crippen molar-refractivity contribution >= 4 is 11.6 Å². The molecule has 0 saturated heterocycles. The molecule has 0 fully saturated rings. The van der Waals surface area contributed by atoms with Gasteiger partial charge in [-0.25, -0.2) is 0 Å². The number of carbonyl (C=O) groups is 1. The van der Waals surface area contributed by atoms with Crippen LogP contribution in [0.1, 0.15) is 16.7 Å². The third-order valence-corrected chi connectivity index (χ3v) is 4.18. The van der Waals surface area contributed by atoms with E-state index >= 15 is 0 Å². The summed E-state index contributed by atoms with van der Waals surface area (Å²) < 4.78 is 43.8. The number of para-hydroxylation sites is 1. The maximum Gasteiger partial charge on any atom is 0.416 e. The highest BCUT2D eigenvalue weighted by Crippen LogP contribution is 2.46. The zero-order valence-electron chi connectivity index (χ0n) is 12.5. The number of carbonyl (C=O) groups excluding carboxylic acids is 1. The summed E-state index contributed by atoms with van der Waals surface area (Å²) in [7, 11) is 3.00. The molecule has 0 radical (unpaired) electrons. The molecule has 1 amide bonds. The van der Waals surface area contributed by atoms with E-state index < -0.39 is 17.3 Å². The summed E-state index contributed by atoms with van der Waals surface area (Å²) in [5, 5.41) is 0. The summed E-state index contributed by atoms with van der Waals surface area (Å²) in [6.07, 6.45) is -4.42. The Morgan fingerprint density at radius 3 is 2.22 bits per heavy atom. The second-order valence-electron chi connectivity index (χ2n) is 5.34. The minimum atomic E-state index is -4.42. The Kier molecular flexibility index (Phi) is 3.44. The number of halogens is 3. The van der Waals surface area contributed by atoms with Gasteiger partial charge in [-0.05, 0) is 23.8 Å². The number of fused-ring (bicyclic) bond motifs is 1. The van der Waals surface area contributed by atoms with E-state index in [0.717, 1.165) is 12.1 Å². The lowest BCUT2D eigenvalue weighted by atomic mass is 9.86. The maximum atomic E-state index is 12.8. The first kappa shape index (κ1) is 15.6. The molecule has 2 aromatic rings. The molecular weight excluding hydrogens is 307 g/mol. The van der Waals surface area contributed by atoms with Crippen LogP contribution in [0.4, 0.5) is 18.9 Å². The second kappa shape index (κ2) is 5.09. The second-order valence-corrected chi connectivity index (χ2v) is 5.34. The minimum Gasteiger partial charge on any atom is -0.359 e. The van der Waals surface area contributed by atoms with Crippen molar-refractivity contribution in [2.75, 3.05) is 19.1 Å². The number of ether oxygens (including phenoxy) is 1. The Balaban J connectivity index is 2.18. The molecule has 2 aromatic carbocycles. The molecule has 0 N–H and O–H groups in total. The summed E-state index contributed by atoms with van der Waals surface area (Å²) in [6, 6.07) is 11.6. The molecule has 0 aromatic heterocycles. The fourth-order valence-corrected chi connectivity index (χ4v) is 3.01. The number of benzene rings is 2. The molecule has 0 saturated carbocycles. The topological polar surface area (TPSA) is 29.5 Å². The van der Waals surface area contributed by atoms with Crippen molar-refractivity contribution in [2.45, 2.75) is 11.8 Å². The predicted molar refractivity (Wildman–Crippen MR) is 79.1 cm³/mol. The van der Waals surface area contributed by atoms with Crippen LogP contribution in [0.25, 0.3) is 0 Å². The van der Waals surface area contributed by atoms with E-state index in [-0.39, 0.29) is 5.91 Å². The molecule has 1 aliphatic heterocycles. The fraction of sp³-hybridized carbons (Fsp3) is 0.235. The Hall–Kier alpha value is -2.34. The number of hydrogen-bond acceptors (Lipinski definition) is 2. The zero-order chi connectivity index (χ0) is 16.8. The molecular formula is C17H14F3NO2. The molecule has 0 spiro atoms. The molecule has 0 aliphatic carbocycles. The minimum absolute atomic E-state index is 0.332. The van der Waals surface area contributed by atoms with Gasteiger partial charge in [0, 0.05) is 19.7 Å². The first-order valence-electron chi connectivity index (χ1n) is 6.93. The zero-order valence-corrected chi connectivity index (χ0v) is 12.5. The summed E-state index contributed by atoms with van der Waals surface area (Å²) in [5.74, 6) is -0.332. The van der Waals surface area contributed by atoms with Crippen molar-refractivity contribution in [1.29, 1.82) is 0 Å². The van der Waals surface area contributed by atoms with E-state index in [1.54, 1.807) is 31.3 Å². The number of nitrogens with zero attached hydrogens (tertiary/aromatic N) is 1. The Morgan fingerprint density at radius 2 is 1.65 bits per heavy atom. The van der Waals surface area contributed by atoms with Crippen molar-refractivity contribution in [2.24, 2.45) is 0 Å². The van der Waals surface area contributed by atoms with E-state index in [1.165, 1.54) is 24.1 Å². The number of hydrogen-bond donors (Lipinski definition) is 0. The van der Waals surface area contributed by atoms with E-state index in [1.807, 2.05) is 0 Å². The quantitative estimate of drug-likeness (QED) is 0.846. The average molecular weight is 321 g/mol. The molecule has 3 nitrogen and oxygen atoms in total. The number of likely N-dealkylation sites (N-methyl/N-ethyl adjacent to an activating group) is 1. The van der Waals surface area contributed by atoms with Gasteiger partial charge in [0.2, 0.25) is 0 Å². The Labute approximate surface area is 131 Å². The number of anilines is 1. The molecule has 3 rings (SSSR count). The summed E-state index contributed by atoms with van der Waals surface area (Å²) in [5.41, 5.74) is -0.515. The van der Waals surface area contributed by atoms with Crippen molar-refractivity contribution < 1.29 is 22.7 Å². The van der Waals surface area contributed by atoms with Gasteiger partial charge in [0.05, 0.1) is 11.3 Å². The summed E-state index contributed by atoms with van der Waals surface area (Å²) >= 11 is 0.